The van der Waals surface area contributed by atoms with Crippen LogP contribution in [-0.4, -0.2) is 21.1 Å². The first-order chi connectivity index (χ1) is 22.4. The van der Waals surface area contributed by atoms with Gasteiger partial charge in [0, 0.05) is 32.0 Å². The zero-order valence-corrected chi connectivity index (χ0v) is 29.5. The van der Waals surface area contributed by atoms with E-state index in [0.29, 0.717) is 0 Å². The van der Waals surface area contributed by atoms with E-state index in [2.05, 4.69) is 172 Å². The molecular weight excluding hydrogens is 589 g/mol. The molecule has 3 heterocycles. The van der Waals surface area contributed by atoms with Crippen LogP contribution in [0, 0.1) is 0 Å². The molecule has 8 aromatic rings. The van der Waals surface area contributed by atoms with Crippen LogP contribution in [0.25, 0.3) is 71.2 Å². The Morgan fingerprint density at radius 1 is 0.511 bits per heavy atom. The Balaban J connectivity index is 1.41. The summed E-state index contributed by atoms with van der Waals surface area (Å²) in [6.45, 7) is 13.9. The van der Waals surface area contributed by atoms with E-state index in [9.17, 15) is 0 Å². The highest BCUT2D eigenvalue weighted by atomic mass is 32.3. The third-order valence-electron chi connectivity index (χ3n) is 10.6. The van der Waals surface area contributed by atoms with Gasteiger partial charge in [0.15, 0.2) is 0 Å². The maximum absolute atomic E-state index is 2.72. The van der Waals surface area contributed by atoms with Crippen LogP contribution in [0.4, 0.5) is 0 Å². The molecule has 0 fully saturated rings. The van der Waals surface area contributed by atoms with E-state index >= 15 is 0 Å². The van der Waals surface area contributed by atoms with Crippen molar-refractivity contribution in [1.29, 1.82) is 0 Å². The van der Waals surface area contributed by atoms with E-state index in [1.54, 1.807) is 0 Å². The lowest BCUT2D eigenvalue weighted by atomic mass is 9.85. The number of fused-ring (bicyclic) bond motifs is 10. The van der Waals surface area contributed by atoms with Gasteiger partial charge in [-0.1, -0.05) is 114 Å². The van der Waals surface area contributed by atoms with E-state index < -0.39 is 10.2 Å². The van der Waals surface area contributed by atoms with Gasteiger partial charge in [0.25, 0.3) is 0 Å². The van der Waals surface area contributed by atoms with Crippen molar-refractivity contribution in [2.24, 2.45) is 0 Å². The Kier molecular flexibility index (Phi) is 5.70. The van der Waals surface area contributed by atoms with Gasteiger partial charge in [-0.2, -0.15) is 0 Å². The number of hydrogen-bond donors (Lipinski definition) is 0. The summed E-state index contributed by atoms with van der Waals surface area (Å²) >= 11 is 0. The smallest absolute Gasteiger partial charge is 0.0669 e. The fraction of sp³-hybridized carbons (Fsp3) is 0.227. The van der Waals surface area contributed by atoms with Crippen LogP contribution in [-0.2, 0) is 10.8 Å². The molecule has 0 saturated heterocycles. The first kappa shape index (κ1) is 28.7. The van der Waals surface area contributed by atoms with Crippen LogP contribution in [0.1, 0.15) is 52.7 Å². The summed E-state index contributed by atoms with van der Waals surface area (Å²) in [5, 5.41) is 8.02. The minimum Gasteiger partial charge on any atom is -0.308 e. The van der Waals surface area contributed by atoms with E-state index in [4.69, 9.17) is 0 Å². The second kappa shape index (κ2) is 9.33. The molecule has 2 aromatic heterocycles. The van der Waals surface area contributed by atoms with Crippen molar-refractivity contribution >= 4 is 64.6 Å². The normalized spacial score (nSPS) is 15.2. The predicted octanol–water partition coefficient (Wildman–Crippen LogP) is 12.5. The molecule has 0 atom stereocenters. The average molecular weight is 631 g/mol. The molecule has 234 valence electrons. The molecule has 0 N–H and O–H groups in total. The van der Waals surface area contributed by atoms with Crippen molar-refractivity contribution in [2.45, 2.75) is 57.3 Å². The van der Waals surface area contributed by atoms with Gasteiger partial charge < -0.3 is 4.57 Å². The first-order valence-corrected chi connectivity index (χ1v) is 19.2. The summed E-state index contributed by atoms with van der Waals surface area (Å²) in [5.41, 5.74) is 12.1. The summed E-state index contributed by atoms with van der Waals surface area (Å²) in [6, 6.07) is 41.8. The topological polar surface area (TPSA) is 9.86 Å². The Morgan fingerprint density at radius 2 is 1.09 bits per heavy atom. The largest absolute Gasteiger partial charge is 0.308 e. The van der Waals surface area contributed by atoms with Gasteiger partial charge in [-0.05, 0) is 87.2 Å². The molecule has 0 unspecified atom stereocenters. The monoisotopic (exact) mass is 630 g/mol. The van der Waals surface area contributed by atoms with E-state index in [0.717, 1.165) is 0 Å². The average Bonchev–Trinajstić information content (AvgIpc) is 3.56. The molecule has 1 aliphatic heterocycles. The SMILES string of the molecule is CC(C)(C)c1ccc2c(c1)c1cc(C(C)(C)C)ccc1n2-c1cccc2c1S(C)(C)n1c3ccc4ccccc4c3c3cccc-2c31. The van der Waals surface area contributed by atoms with Gasteiger partial charge in [-0.15, -0.1) is 10.2 Å². The molecule has 0 spiro atoms. The fourth-order valence-electron chi connectivity index (χ4n) is 8.23. The van der Waals surface area contributed by atoms with Crippen molar-refractivity contribution in [3.05, 3.63) is 120 Å². The quantitative estimate of drug-likeness (QED) is 0.171. The molecule has 47 heavy (non-hydrogen) atoms. The number of aromatic nitrogens is 2. The Hall–Kier alpha value is -4.47. The lowest BCUT2D eigenvalue weighted by molar-refractivity contribution is 0.590. The summed E-state index contributed by atoms with van der Waals surface area (Å²) in [6.07, 6.45) is 5.01. The molecule has 3 heteroatoms. The number of para-hydroxylation sites is 1. The van der Waals surface area contributed by atoms with Crippen molar-refractivity contribution in [3.8, 4) is 16.8 Å². The van der Waals surface area contributed by atoms with Crippen LogP contribution in [0.2, 0.25) is 0 Å². The number of benzene rings is 6. The van der Waals surface area contributed by atoms with Crippen LogP contribution in [0.15, 0.2) is 114 Å². The number of hydrogen-bond acceptors (Lipinski definition) is 0. The molecule has 9 rings (SSSR count). The Morgan fingerprint density at radius 3 is 1.74 bits per heavy atom. The predicted molar refractivity (Wildman–Crippen MR) is 207 cm³/mol. The first-order valence-electron chi connectivity index (χ1n) is 16.8. The van der Waals surface area contributed by atoms with Gasteiger partial charge >= 0.3 is 0 Å². The molecule has 0 saturated carbocycles. The highest BCUT2D eigenvalue weighted by molar-refractivity contribution is 8.31. The molecular formula is C44H42N2S. The molecule has 0 radical (unpaired) electrons. The summed E-state index contributed by atoms with van der Waals surface area (Å²) < 4.78 is 5.29. The third-order valence-corrected chi connectivity index (χ3v) is 13.3. The van der Waals surface area contributed by atoms with E-state index in [1.807, 2.05) is 0 Å². The lowest BCUT2D eigenvalue weighted by Crippen LogP contribution is -2.16. The molecule has 6 aromatic carbocycles. The zero-order chi connectivity index (χ0) is 32.6. The van der Waals surface area contributed by atoms with Crippen LogP contribution >= 0.6 is 10.2 Å². The van der Waals surface area contributed by atoms with Crippen LogP contribution < -0.4 is 0 Å². The highest BCUT2D eigenvalue weighted by Crippen LogP contribution is 2.64. The Labute approximate surface area is 279 Å². The van der Waals surface area contributed by atoms with Gasteiger partial charge in [0.2, 0.25) is 0 Å². The third kappa shape index (κ3) is 3.87. The number of nitrogens with zero attached hydrogens (tertiary/aromatic N) is 2. The summed E-state index contributed by atoms with van der Waals surface area (Å²) in [5.74, 6) is 0. The van der Waals surface area contributed by atoms with Crippen LogP contribution in [0.5, 0.6) is 0 Å². The second-order valence-electron chi connectivity index (χ2n) is 15.9. The lowest BCUT2D eigenvalue weighted by Gasteiger charge is -2.42. The second-order valence-corrected chi connectivity index (χ2v) is 19.2. The maximum atomic E-state index is 2.72. The standard InChI is InChI=1S/C44H42N2S/c1-43(2,3)28-20-23-36-34(25-28)35-26-29(44(4,5)6)21-24-37(35)45(36)39-18-12-16-32-31-15-11-17-33-40-30-14-10-9-13-27(30)19-22-38(40)46(41(31)33)47(7,8)42(32)39/h9-26H,1-8H3. The minimum atomic E-state index is -1.52. The molecule has 0 bridgehead atoms. The van der Waals surface area contributed by atoms with Crippen molar-refractivity contribution in [3.63, 3.8) is 0 Å². The van der Waals surface area contributed by atoms with Crippen molar-refractivity contribution in [2.75, 3.05) is 12.5 Å². The maximum Gasteiger partial charge on any atom is 0.0669 e. The van der Waals surface area contributed by atoms with E-state index in [-0.39, 0.29) is 10.8 Å². The van der Waals surface area contributed by atoms with Gasteiger partial charge in [-0.3, -0.25) is 3.97 Å². The fourth-order valence-corrected chi connectivity index (χ4v) is 11.1. The molecule has 1 aliphatic rings. The van der Waals surface area contributed by atoms with E-state index in [1.165, 1.54) is 87.2 Å². The van der Waals surface area contributed by atoms with Crippen molar-refractivity contribution < 1.29 is 0 Å². The molecule has 2 nitrogen and oxygen atoms in total. The minimum absolute atomic E-state index is 0.0665. The highest BCUT2D eigenvalue weighted by Gasteiger charge is 2.35. The van der Waals surface area contributed by atoms with Gasteiger partial charge in [0.05, 0.1) is 27.8 Å². The Bertz CT molecular complexity index is 2540. The molecule has 0 amide bonds. The summed E-state index contributed by atoms with van der Waals surface area (Å²) in [7, 11) is -1.52. The van der Waals surface area contributed by atoms with Crippen LogP contribution in [0.3, 0.4) is 0 Å². The van der Waals surface area contributed by atoms with Gasteiger partial charge in [0.1, 0.15) is 0 Å². The molecule has 0 aliphatic carbocycles. The van der Waals surface area contributed by atoms with Crippen molar-refractivity contribution in [1.82, 2.24) is 8.54 Å². The zero-order valence-electron chi connectivity index (χ0n) is 28.7. The summed E-state index contributed by atoms with van der Waals surface area (Å²) in [4.78, 5) is 1.45. The number of rotatable bonds is 1. The van der Waals surface area contributed by atoms with Gasteiger partial charge in [-0.25, -0.2) is 0 Å².